The molecule has 1 aliphatic carbocycles. The summed E-state index contributed by atoms with van der Waals surface area (Å²) in [7, 11) is 1.37. The first-order valence-electron chi connectivity index (χ1n) is 9.91. The van der Waals surface area contributed by atoms with Crippen molar-refractivity contribution in [1.29, 1.82) is 0 Å². The summed E-state index contributed by atoms with van der Waals surface area (Å²) in [6.45, 7) is 2.76. The molecule has 0 atom stereocenters. The van der Waals surface area contributed by atoms with E-state index in [0.717, 1.165) is 42.5 Å². The number of unbranched alkanes of at least 4 members (excludes halogenated alkanes) is 3. The fourth-order valence-corrected chi connectivity index (χ4v) is 4.74. The number of esters is 1. The van der Waals surface area contributed by atoms with Gasteiger partial charge in [-0.2, -0.15) is 0 Å². The molecule has 1 N–H and O–H groups in total. The van der Waals surface area contributed by atoms with Gasteiger partial charge in [-0.3, -0.25) is 4.79 Å². The van der Waals surface area contributed by atoms with Gasteiger partial charge in [0.05, 0.1) is 24.8 Å². The summed E-state index contributed by atoms with van der Waals surface area (Å²) in [5.74, 6) is -0.0930. The van der Waals surface area contributed by atoms with Crippen LogP contribution in [0.1, 0.15) is 70.2 Å². The number of methoxy groups -OCH3 is 1. The van der Waals surface area contributed by atoms with E-state index in [1.54, 1.807) is 6.07 Å². The molecule has 0 fully saturated rings. The molecule has 150 valence electrons. The number of nitrogens with one attached hydrogen (secondary N) is 1. The van der Waals surface area contributed by atoms with Gasteiger partial charge in [0.15, 0.2) is 0 Å². The fraction of sp³-hybridized carbons (Fsp3) is 0.455. The van der Waals surface area contributed by atoms with Crippen LogP contribution in [0, 0.1) is 0 Å². The van der Waals surface area contributed by atoms with E-state index in [-0.39, 0.29) is 5.91 Å². The summed E-state index contributed by atoms with van der Waals surface area (Å²) in [6.07, 6.45) is 7.27. The molecule has 1 heterocycles. The second kappa shape index (κ2) is 9.73. The third kappa shape index (κ3) is 4.55. The predicted molar refractivity (Wildman–Crippen MR) is 112 cm³/mol. The Morgan fingerprint density at radius 1 is 1.14 bits per heavy atom. The molecular weight excluding hydrogens is 374 g/mol. The maximum Gasteiger partial charge on any atom is 0.341 e. The molecule has 0 bridgehead atoms. The topological polar surface area (TPSA) is 64.6 Å². The number of thiophene rings is 1. The van der Waals surface area contributed by atoms with Crippen LogP contribution in [0.25, 0.3) is 0 Å². The highest BCUT2D eigenvalue weighted by atomic mass is 32.1. The van der Waals surface area contributed by atoms with E-state index < -0.39 is 5.97 Å². The van der Waals surface area contributed by atoms with Crippen molar-refractivity contribution in [2.75, 3.05) is 19.0 Å². The number of ether oxygens (including phenoxy) is 2. The van der Waals surface area contributed by atoms with Crippen LogP contribution in [0.5, 0.6) is 5.75 Å². The summed E-state index contributed by atoms with van der Waals surface area (Å²) in [4.78, 5) is 26.4. The van der Waals surface area contributed by atoms with Crippen molar-refractivity contribution in [2.24, 2.45) is 0 Å². The van der Waals surface area contributed by atoms with Crippen LogP contribution in [0.3, 0.4) is 0 Å². The van der Waals surface area contributed by atoms with E-state index in [1.807, 2.05) is 18.2 Å². The Kier molecular flexibility index (Phi) is 7.09. The smallest absolute Gasteiger partial charge is 0.341 e. The minimum Gasteiger partial charge on any atom is -0.493 e. The Labute approximate surface area is 170 Å². The molecule has 0 aliphatic heterocycles. The van der Waals surface area contributed by atoms with Crippen LogP contribution in [-0.2, 0) is 17.6 Å². The zero-order valence-corrected chi connectivity index (χ0v) is 17.3. The highest BCUT2D eigenvalue weighted by Gasteiger charge is 2.28. The molecule has 0 radical (unpaired) electrons. The molecule has 1 aliphatic rings. The van der Waals surface area contributed by atoms with Gasteiger partial charge in [0, 0.05) is 4.88 Å². The van der Waals surface area contributed by atoms with E-state index in [4.69, 9.17) is 9.47 Å². The first-order valence-corrected chi connectivity index (χ1v) is 10.7. The van der Waals surface area contributed by atoms with E-state index in [0.29, 0.717) is 28.5 Å². The Morgan fingerprint density at radius 3 is 2.75 bits per heavy atom. The number of fused-ring (bicyclic) bond motifs is 1. The molecule has 6 heteroatoms. The molecule has 0 unspecified atom stereocenters. The third-order valence-electron chi connectivity index (χ3n) is 4.93. The van der Waals surface area contributed by atoms with Crippen molar-refractivity contribution in [3.8, 4) is 5.75 Å². The first kappa shape index (κ1) is 20.4. The van der Waals surface area contributed by atoms with Gasteiger partial charge in [0.25, 0.3) is 5.91 Å². The molecule has 1 aromatic carbocycles. The van der Waals surface area contributed by atoms with Gasteiger partial charge in [-0.15, -0.1) is 11.3 Å². The highest BCUT2D eigenvalue weighted by molar-refractivity contribution is 7.17. The number of anilines is 1. The number of rotatable bonds is 9. The Hall–Kier alpha value is -2.34. The minimum atomic E-state index is -0.393. The SMILES string of the molecule is CCCCCCOc1ccccc1C(=O)Nc1sc2c(c1C(=O)OC)CCC2. The van der Waals surface area contributed by atoms with Crippen molar-refractivity contribution in [1.82, 2.24) is 0 Å². The average Bonchev–Trinajstić information content (AvgIpc) is 3.28. The zero-order chi connectivity index (χ0) is 19.9. The molecule has 5 nitrogen and oxygen atoms in total. The number of para-hydroxylation sites is 1. The number of carbonyl (C=O) groups is 2. The number of carbonyl (C=O) groups excluding carboxylic acids is 2. The molecule has 3 rings (SSSR count). The minimum absolute atomic E-state index is 0.269. The van der Waals surface area contributed by atoms with Crippen molar-refractivity contribution < 1.29 is 19.1 Å². The van der Waals surface area contributed by atoms with E-state index in [1.165, 1.54) is 31.3 Å². The lowest BCUT2D eigenvalue weighted by molar-refractivity contribution is 0.0601. The lowest BCUT2D eigenvalue weighted by Crippen LogP contribution is -2.16. The van der Waals surface area contributed by atoms with Gasteiger partial charge in [0.1, 0.15) is 10.8 Å². The van der Waals surface area contributed by atoms with Crippen LogP contribution in [0.4, 0.5) is 5.00 Å². The van der Waals surface area contributed by atoms with Gasteiger partial charge < -0.3 is 14.8 Å². The molecule has 28 heavy (non-hydrogen) atoms. The van der Waals surface area contributed by atoms with E-state index in [2.05, 4.69) is 12.2 Å². The standard InChI is InChI=1S/C22H27NO4S/c1-3-4-5-8-14-27-17-12-7-6-10-15(17)20(24)23-21-19(22(25)26-2)16-11-9-13-18(16)28-21/h6-7,10,12H,3-5,8-9,11,13-14H2,1-2H3,(H,23,24). The van der Waals surface area contributed by atoms with Gasteiger partial charge in [0.2, 0.25) is 0 Å². The van der Waals surface area contributed by atoms with E-state index in [9.17, 15) is 9.59 Å². The quantitative estimate of drug-likeness (QED) is 0.461. The summed E-state index contributed by atoms with van der Waals surface area (Å²) < 4.78 is 10.8. The molecule has 2 aromatic rings. The zero-order valence-electron chi connectivity index (χ0n) is 16.5. The van der Waals surface area contributed by atoms with Crippen molar-refractivity contribution in [3.05, 3.63) is 45.8 Å². The average molecular weight is 402 g/mol. The lowest BCUT2D eigenvalue weighted by atomic mass is 10.1. The maximum absolute atomic E-state index is 12.9. The van der Waals surface area contributed by atoms with Crippen molar-refractivity contribution in [3.63, 3.8) is 0 Å². The Morgan fingerprint density at radius 2 is 1.96 bits per heavy atom. The van der Waals surface area contributed by atoms with Crippen molar-refractivity contribution in [2.45, 2.75) is 51.9 Å². The lowest BCUT2D eigenvalue weighted by Gasteiger charge is -2.12. The van der Waals surface area contributed by atoms with Crippen LogP contribution in [0.15, 0.2) is 24.3 Å². The predicted octanol–water partition coefficient (Wildman–Crippen LogP) is 5.23. The van der Waals surface area contributed by atoms with Gasteiger partial charge in [-0.1, -0.05) is 38.3 Å². The molecule has 1 amide bonds. The van der Waals surface area contributed by atoms with Crippen molar-refractivity contribution >= 4 is 28.2 Å². The van der Waals surface area contributed by atoms with E-state index >= 15 is 0 Å². The number of amides is 1. The summed E-state index contributed by atoms with van der Waals surface area (Å²) in [5.41, 5.74) is 2.00. The molecular formula is C22H27NO4S. The number of aryl methyl sites for hydroxylation is 1. The van der Waals surface area contributed by atoms with Crippen LogP contribution >= 0.6 is 11.3 Å². The van der Waals surface area contributed by atoms with Crippen LogP contribution in [-0.4, -0.2) is 25.6 Å². The largest absolute Gasteiger partial charge is 0.493 e. The third-order valence-corrected chi connectivity index (χ3v) is 6.13. The maximum atomic E-state index is 12.9. The Balaban J connectivity index is 1.75. The van der Waals surface area contributed by atoms with Crippen LogP contribution in [0.2, 0.25) is 0 Å². The van der Waals surface area contributed by atoms with Crippen LogP contribution < -0.4 is 10.1 Å². The normalized spacial score (nSPS) is 12.5. The number of hydrogen-bond donors (Lipinski definition) is 1. The second-order valence-electron chi connectivity index (χ2n) is 6.91. The monoisotopic (exact) mass is 401 g/mol. The fourth-order valence-electron chi connectivity index (χ4n) is 3.47. The second-order valence-corrected chi connectivity index (χ2v) is 8.02. The molecule has 0 saturated heterocycles. The molecule has 0 spiro atoms. The highest BCUT2D eigenvalue weighted by Crippen LogP contribution is 2.39. The summed E-state index contributed by atoms with van der Waals surface area (Å²) >= 11 is 1.47. The number of benzene rings is 1. The first-order chi connectivity index (χ1) is 13.7. The Bertz CT molecular complexity index is 843. The molecule has 1 aromatic heterocycles. The summed E-state index contributed by atoms with van der Waals surface area (Å²) in [6, 6.07) is 7.23. The number of hydrogen-bond acceptors (Lipinski definition) is 5. The van der Waals surface area contributed by atoms with Gasteiger partial charge in [-0.25, -0.2) is 4.79 Å². The van der Waals surface area contributed by atoms with Gasteiger partial charge in [-0.05, 0) is 43.4 Å². The van der Waals surface area contributed by atoms with Gasteiger partial charge >= 0.3 is 5.97 Å². The molecule has 0 saturated carbocycles. The summed E-state index contributed by atoms with van der Waals surface area (Å²) in [5, 5.41) is 3.49.